The zero-order valence-corrected chi connectivity index (χ0v) is 19.2. The van der Waals surface area contributed by atoms with Gasteiger partial charge >= 0.3 is 0 Å². The molecule has 2 aliphatic rings. The van der Waals surface area contributed by atoms with Crippen LogP contribution >= 0.6 is 0 Å². The molecule has 1 heterocycles. The molecule has 1 aliphatic carbocycles. The summed E-state index contributed by atoms with van der Waals surface area (Å²) in [5.74, 6) is -0.751. The number of nitro benzene ring substituents is 1. The first-order valence-corrected chi connectivity index (χ1v) is 11.5. The molecule has 1 saturated heterocycles. The molecule has 34 heavy (non-hydrogen) atoms. The highest BCUT2D eigenvalue weighted by molar-refractivity contribution is 6.09. The van der Waals surface area contributed by atoms with Crippen LogP contribution in [0, 0.1) is 34.8 Å². The number of carbonyl (C=O) groups is 3. The highest BCUT2D eigenvalue weighted by atomic mass is 16.6. The third-order valence-electron chi connectivity index (χ3n) is 6.78. The predicted octanol–water partition coefficient (Wildman–Crippen LogP) is 3.99. The van der Waals surface area contributed by atoms with Gasteiger partial charge < -0.3 is 10.6 Å². The number of nitrogens with one attached hydrogen (secondary N) is 2. The van der Waals surface area contributed by atoms with Gasteiger partial charge in [0.1, 0.15) is 0 Å². The molecule has 0 spiro atoms. The zero-order valence-electron chi connectivity index (χ0n) is 19.2. The first kappa shape index (κ1) is 23.4. The average molecular weight is 465 g/mol. The third-order valence-corrected chi connectivity index (χ3v) is 6.78. The molecule has 2 aromatic rings. The van der Waals surface area contributed by atoms with Gasteiger partial charge in [0.2, 0.25) is 11.8 Å². The van der Waals surface area contributed by atoms with Gasteiger partial charge in [0, 0.05) is 36.6 Å². The standard InChI is InChI=1S/C25H28N4O5/c1-15-7-9-18-19(13-15)25(32)28(24(18)31)12-11-26-22-10-8-17(29(33)34)14-20(22)23(30)27-21-6-4-3-5-16(21)2/h3-6,8,10,14-15,18-19,26H,7,9,11-13H2,1-2H3,(H,27,30)/t15-,18-,19-/m0/s1. The van der Waals surface area contributed by atoms with E-state index in [1.165, 1.54) is 23.1 Å². The number of hydrogen-bond acceptors (Lipinski definition) is 6. The van der Waals surface area contributed by atoms with Crippen molar-refractivity contribution in [1.82, 2.24) is 4.90 Å². The van der Waals surface area contributed by atoms with Crippen LogP contribution < -0.4 is 10.6 Å². The van der Waals surface area contributed by atoms with E-state index in [0.29, 0.717) is 17.3 Å². The summed E-state index contributed by atoms with van der Waals surface area (Å²) < 4.78 is 0. The monoisotopic (exact) mass is 464 g/mol. The number of amides is 3. The highest BCUT2D eigenvalue weighted by Crippen LogP contribution is 2.40. The highest BCUT2D eigenvalue weighted by Gasteiger charge is 2.49. The van der Waals surface area contributed by atoms with Crippen molar-refractivity contribution in [2.75, 3.05) is 23.7 Å². The van der Waals surface area contributed by atoms with E-state index in [2.05, 4.69) is 17.6 Å². The molecule has 9 heteroatoms. The normalized spacial score (nSPS) is 21.8. The summed E-state index contributed by atoms with van der Waals surface area (Å²) >= 11 is 0. The topological polar surface area (TPSA) is 122 Å². The molecule has 0 unspecified atom stereocenters. The number of rotatable bonds is 7. The molecular formula is C25H28N4O5. The Labute approximate surface area is 197 Å². The van der Waals surface area contributed by atoms with Gasteiger partial charge in [-0.2, -0.15) is 0 Å². The number of para-hydroxylation sites is 1. The number of hydrogen-bond donors (Lipinski definition) is 2. The number of nitro groups is 1. The molecule has 4 rings (SSSR count). The lowest BCUT2D eigenvalue weighted by Crippen LogP contribution is -2.35. The van der Waals surface area contributed by atoms with Crippen LogP contribution in [0.1, 0.15) is 42.1 Å². The minimum Gasteiger partial charge on any atom is -0.383 e. The van der Waals surface area contributed by atoms with E-state index in [1.54, 1.807) is 12.1 Å². The van der Waals surface area contributed by atoms with E-state index in [9.17, 15) is 24.5 Å². The maximum atomic E-state index is 13.0. The maximum Gasteiger partial charge on any atom is 0.270 e. The number of likely N-dealkylation sites (tertiary alicyclic amines) is 1. The second-order valence-electron chi connectivity index (χ2n) is 9.14. The van der Waals surface area contributed by atoms with Crippen LogP contribution in [0.5, 0.6) is 0 Å². The number of carbonyl (C=O) groups excluding carboxylic acids is 3. The maximum absolute atomic E-state index is 13.0. The number of fused-ring (bicyclic) bond motifs is 1. The third kappa shape index (κ3) is 4.64. The molecule has 9 nitrogen and oxygen atoms in total. The summed E-state index contributed by atoms with van der Waals surface area (Å²) in [5, 5.41) is 17.2. The molecule has 1 aliphatic heterocycles. The van der Waals surface area contributed by atoms with E-state index in [4.69, 9.17) is 0 Å². The summed E-state index contributed by atoms with van der Waals surface area (Å²) in [6.07, 6.45) is 2.44. The van der Waals surface area contributed by atoms with Gasteiger partial charge in [-0.15, -0.1) is 0 Å². The second kappa shape index (κ2) is 9.62. The van der Waals surface area contributed by atoms with Gasteiger partial charge in [0.05, 0.1) is 22.3 Å². The number of anilines is 2. The first-order valence-electron chi connectivity index (χ1n) is 11.5. The molecule has 178 valence electrons. The van der Waals surface area contributed by atoms with Crippen LogP contribution in [0.4, 0.5) is 17.1 Å². The molecule has 3 atom stereocenters. The van der Waals surface area contributed by atoms with E-state index < -0.39 is 10.8 Å². The van der Waals surface area contributed by atoms with Crippen LogP contribution in [0.15, 0.2) is 42.5 Å². The van der Waals surface area contributed by atoms with Gasteiger partial charge in [-0.25, -0.2) is 0 Å². The summed E-state index contributed by atoms with van der Waals surface area (Å²) in [4.78, 5) is 50.6. The Bertz CT molecular complexity index is 1150. The smallest absolute Gasteiger partial charge is 0.270 e. The van der Waals surface area contributed by atoms with E-state index in [0.717, 1.165) is 24.8 Å². The Morgan fingerprint density at radius 3 is 2.56 bits per heavy atom. The Hall–Kier alpha value is -3.75. The summed E-state index contributed by atoms with van der Waals surface area (Å²) in [6, 6.07) is 11.3. The van der Waals surface area contributed by atoms with Crippen LogP contribution in [0.2, 0.25) is 0 Å². The van der Waals surface area contributed by atoms with Crippen LogP contribution in [-0.2, 0) is 9.59 Å². The lowest BCUT2D eigenvalue weighted by molar-refractivity contribution is -0.384. The largest absolute Gasteiger partial charge is 0.383 e. The van der Waals surface area contributed by atoms with Gasteiger partial charge in [-0.1, -0.05) is 25.1 Å². The lowest BCUT2D eigenvalue weighted by Gasteiger charge is -2.25. The number of nitrogens with zero attached hydrogens (tertiary/aromatic N) is 2. The molecule has 2 aromatic carbocycles. The van der Waals surface area contributed by atoms with Crippen molar-refractivity contribution < 1.29 is 19.3 Å². The van der Waals surface area contributed by atoms with Crippen molar-refractivity contribution in [2.24, 2.45) is 17.8 Å². The van der Waals surface area contributed by atoms with Gasteiger partial charge in [0.25, 0.3) is 11.6 Å². The first-order chi connectivity index (χ1) is 16.3. The number of aryl methyl sites for hydroxylation is 1. The Morgan fingerprint density at radius 2 is 1.82 bits per heavy atom. The molecule has 2 N–H and O–H groups in total. The van der Waals surface area contributed by atoms with E-state index in [-0.39, 0.29) is 48.0 Å². The average Bonchev–Trinajstić information content (AvgIpc) is 3.04. The Kier molecular flexibility index (Phi) is 6.63. The quantitative estimate of drug-likeness (QED) is 0.363. The van der Waals surface area contributed by atoms with Crippen molar-refractivity contribution >= 4 is 34.8 Å². The summed E-state index contributed by atoms with van der Waals surface area (Å²) in [5.41, 5.74) is 1.76. The van der Waals surface area contributed by atoms with Crippen molar-refractivity contribution in [3.8, 4) is 0 Å². The number of benzene rings is 2. The van der Waals surface area contributed by atoms with Gasteiger partial charge in [0.15, 0.2) is 0 Å². The molecule has 3 amide bonds. The van der Waals surface area contributed by atoms with Crippen LogP contribution in [0.25, 0.3) is 0 Å². The van der Waals surface area contributed by atoms with E-state index >= 15 is 0 Å². The summed E-state index contributed by atoms with van der Waals surface area (Å²) in [6.45, 7) is 4.37. The van der Waals surface area contributed by atoms with Gasteiger partial charge in [-0.3, -0.25) is 29.4 Å². The second-order valence-corrected chi connectivity index (χ2v) is 9.14. The van der Waals surface area contributed by atoms with Crippen molar-refractivity contribution in [3.05, 3.63) is 63.7 Å². The zero-order chi connectivity index (χ0) is 24.4. The number of non-ortho nitro benzene ring substituents is 1. The molecule has 1 saturated carbocycles. The molecule has 2 fully saturated rings. The van der Waals surface area contributed by atoms with Crippen molar-refractivity contribution in [3.63, 3.8) is 0 Å². The van der Waals surface area contributed by atoms with Gasteiger partial charge in [-0.05, 0) is 49.8 Å². The fourth-order valence-corrected chi connectivity index (χ4v) is 4.87. The minimum absolute atomic E-state index is 0.110. The minimum atomic E-state index is -0.557. The number of imide groups is 1. The fraction of sp³-hybridized carbons (Fsp3) is 0.400. The lowest BCUT2D eigenvalue weighted by atomic mass is 9.76. The molecule has 0 radical (unpaired) electrons. The fourth-order valence-electron chi connectivity index (χ4n) is 4.87. The van der Waals surface area contributed by atoms with Crippen molar-refractivity contribution in [2.45, 2.75) is 33.1 Å². The van der Waals surface area contributed by atoms with Crippen LogP contribution in [0.3, 0.4) is 0 Å². The van der Waals surface area contributed by atoms with E-state index in [1.807, 2.05) is 19.1 Å². The Morgan fingerprint density at radius 1 is 1.09 bits per heavy atom. The van der Waals surface area contributed by atoms with Crippen molar-refractivity contribution in [1.29, 1.82) is 0 Å². The summed E-state index contributed by atoms with van der Waals surface area (Å²) in [7, 11) is 0. The SMILES string of the molecule is Cc1ccccc1NC(=O)c1cc([N+](=O)[O-])ccc1NCCN1C(=O)[C@H]2CC[C@H](C)C[C@@H]2C1=O. The molecular weight excluding hydrogens is 436 g/mol. The predicted molar refractivity (Wildman–Crippen MR) is 127 cm³/mol. The van der Waals surface area contributed by atoms with Crippen LogP contribution in [-0.4, -0.2) is 40.6 Å². The molecule has 0 aromatic heterocycles. The molecule has 0 bridgehead atoms. The Balaban J connectivity index is 1.48.